The van der Waals surface area contributed by atoms with Crippen LogP contribution in [0.5, 0.6) is 0 Å². The lowest BCUT2D eigenvalue weighted by Crippen LogP contribution is -2.28. The van der Waals surface area contributed by atoms with E-state index in [4.69, 9.17) is 5.73 Å². The fourth-order valence-corrected chi connectivity index (χ4v) is 0.562. The van der Waals surface area contributed by atoms with Crippen molar-refractivity contribution in [3.8, 4) is 0 Å². The van der Waals surface area contributed by atoms with Crippen LogP contribution in [0.3, 0.4) is 0 Å². The summed E-state index contributed by atoms with van der Waals surface area (Å²) in [6.45, 7) is 2.93. The van der Waals surface area contributed by atoms with Crippen molar-refractivity contribution in [2.24, 2.45) is 5.73 Å². The minimum absolute atomic E-state index is 0.0544. The van der Waals surface area contributed by atoms with Gasteiger partial charge in [0.2, 0.25) is 0 Å². The summed E-state index contributed by atoms with van der Waals surface area (Å²) in [4.78, 5) is 20.9. The lowest BCUT2D eigenvalue weighted by Gasteiger charge is -2.03. The molecule has 0 spiro atoms. The molecule has 0 radical (unpaired) electrons. The van der Waals surface area contributed by atoms with E-state index in [1.165, 1.54) is 13.8 Å². The van der Waals surface area contributed by atoms with Crippen LogP contribution in [0.25, 0.3) is 0 Å². The van der Waals surface area contributed by atoms with Crippen LogP contribution in [0.4, 0.5) is 0 Å². The Kier molecular flexibility index (Phi) is 3.88. The summed E-state index contributed by atoms with van der Waals surface area (Å²) >= 11 is 0. The molecule has 0 aromatic heterocycles. The van der Waals surface area contributed by atoms with Gasteiger partial charge in [0.1, 0.15) is 11.6 Å². The Labute approximate surface area is 60.6 Å². The van der Waals surface area contributed by atoms with Crippen LogP contribution >= 0.6 is 0 Å². The molecule has 0 amide bonds. The van der Waals surface area contributed by atoms with Crippen molar-refractivity contribution in [2.75, 3.05) is 0 Å². The Balaban J connectivity index is 3.49. The molecule has 3 nitrogen and oxygen atoms in total. The number of carbonyl (C=O) groups is 2. The number of carbonyl (C=O) groups excluding carboxylic acids is 2. The third kappa shape index (κ3) is 4.21. The summed E-state index contributed by atoms with van der Waals surface area (Å²) in [5.74, 6) is 0.0259. The van der Waals surface area contributed by atoms with Gasteiger partial charge in [0.25, 0.3) is 0 Å². The lowest BCUT2D eigenvalue weighted by atomic mass is 10.1. The zero-order chi connectivity index (χ0) is 8.15. The molecular formula is C7H13NO2. The van der Waals surface area contributed by atoms with Gasteiger partial charge in [-0.3, -0.25) is 4.79 Å². The average Bonchev–Trinajstić information content (AvgIpc) is 1.82. The largest absolute Gasteiger partial charge is 0.322 e. The molecule has 2 N–H and O–H groups in total. The second kappa shape index (κ2) is 4.17. The molecule has 0 aliphatic heterocycles. The van der Waals surface area contributed by atoms with Gasteiger partial charge in [-0.15, -0.1) is 0 Å². The highest BCUT2D eigenvalue weighted by Gasteiger charge is 2.07. The van der Waals surface area contributed by atoms with Crippen molar-refractivity contribution in [3.05, 3.63) is 0 Å². The van der Waals surface area contributed by atoms with Gasteiger partial charge in [0.15, 0.2) is 0 Å². The number of hydrogen-bond donors (Lipinski definition) is 1. The molecule has 0 aliphatic rings. The molecule has 0 bridgehead atoms. The van der Waals surface area contributed by atoms with Gasteiger partial charge in [-0.25, -0.2) is 0 Å². The van der Waals surface area contributed by atoms with Gasteiger partial charge in [0, 0.05) is 6.42 Å². The fraction of sp³-hybridized carbons (Fsp3) is 0.714. The van der Waals surface area contributed by atoms with Crippen LogP contribution in [-0.4, -0.2) is 17.6 Å². The smallest absolute Gasteiger partial charge is 0.146 e. The number of Topliss-reactive ketones (excluding diaryl/α,β-unsaturated/α-hetero) is 2. The van der Waals surface area contributed by atoms with Crippen molar-refractivity contribution in [1.29, 1.82) is 0 Å². The Bertz CT molecular complexity index is 143. The SMILES string of the molecule is CC(=O)CC[C@@H](N)C(C)=O. The second-order valence-corrected chi connectivity index (χ2v) is 2.46. The lowest BCUT2D eigenvalue weighted by molar-refractivity contribution is -0.119. The van der Waals surface area contributed by atoms with E-state index in [-0.39, 0.29) is 11.6 Å². The molecular weight excluding hydrogens is 130 g/mol. The summed E-state index contributed by atoms with van der Waals surface area (Å²) in [6, 6.07) is -0.455. The number of ketones is 2. The molecule has 10 heavy (non-hydrogen) atoms. The summed E-state index contributed by atoms with van der Waals surface area (Å²) in [6.07, 6.45) is 0.880. The highest BCUT2D eigenvalue weighted by molar-refractivity contribution is 5.82. The molecule has 0 saturated heterocycles. The first kappa shape index (κ1) is 9.30. The van der Waals surface area contributed by atoms with E-state index in [2.05, 4.69) is 0 Å². The summed E-state index contributed by atoms with van der Waals surface area (Å²) < 4.78 is 0. The first-order valence-electron chi connectivity index (χ1n) is 3.29. The standard InChI is InChI=1S/C7H13NO2/c1-5(9)3-4-7(8)6(2)10/h7H,3-4,8H2,1-2H3/t7-/m1/s1. The van der Waals surface area contributed by atoms with Gasteiger partial charge in [0.05, 0.1) is 6.04 Å². The van der Waals surface area contributed by atoms with Crippen molar-refractivity contribution in [3.63, 3.8) is 0 Å². The Morgan fingerprint density at radius 2 is 1.90 bits per heavy atom. The highest BCUT2D eigenvalue weighted by atomic mass is 16.1. The van der Waals surface area contributed by atoms with Gasteiger partial charge in [-0.2, -0.15) is 0 Å². The van der Waals surface area contributed by atoms with E-state index in [0.717, 1.165) is 0 Å². The molecule has 3 heteroatoms. The number of hydrogen-bond acceptors (Lipinski definition) is 3. The number of rotatable bonds is 4. The zero-order valence-corrected chi connectivity index (χ0v) is 6.39. The van der Waals surface area contributed by atoms with Crippen molar-refractivity contribution in [2.45, 2.75) is 32.7 Å². The predicted octanol–water partition coefficient (Wildman–Crippen LogP) is 0.272. The molecule has 0 heterocycles. The first-order chi connectivity index (χ1) is 4.54. The first-order valence-corrected chi connectivity index (χ1v) is 3.29. The predicted molar refractivity (Wildman–Crippen MR) is 38.6 cm³/mol. The zero-order valence-electron chi connectivity index (χ0n) is 6.39. The molecule has 0 aromatic carbocycles. The van der Waals surface area contributed by atoms with Gasteiger partial charge in [-0.1, -0.05) is 0 Å². The van der Waals surface area contributed by atoms with Crippen LogP contribution in [0, 0.1) is 0 Å². The Morgan fingerprint density at radius 1 is 1.40 bits per heavy atom. The van der Waals surface area contributed by atoms with Crippen molar-refractivity contribution in [1.82, 2.24) is 0 Å². The molecule has 0 aromatic rings. The molecule has 0 aliphatic carbocycles. The van der Waals surface area contributed by atoms with Gasteiger partial charge in [-0.05, 0) is 20.3 Å². The molecule has 0 fully saturated rings. The van der Waals surface area contributed by atoms with E-state index in [1.807, 2.05) is 0 Å². The van der Waals surface area contributed by atoms with Crippen LogP contribution in [0.15, 0.2) is 0 Å². The van der Waals surface area contributed by atoms with Gasteiger partial charge >= 0.3 is 0 Å². The average molecular weight is 143 g/mol. The highest BCUT2D eigenvalue weighted by Crippen LogP contribution is 1.95. The summed E-state index contributed by atoms with van der Waals surface area (Å²) in [7, 11) is 0. The molecule has 0 unspecified atom stereocenters. The second-order valence-electron chi connectivity index (χ2n) is 2.46. The Morgan fingerprint density at radius 3 is 2.20 bits per heavy atom. The Hall–Kier alpha value is -0.700. The van der Waals surface area contributed by atoms with E-state index in [1.54, 1.807) is 0 Å². The van der Waals surface area contributed by atoms with E-state index < -0.39 is 6.04 Å². The maximum absolute atomic E-state index is 10.5. The quantitative estimate of drug-likeness (QED) is 0.614. The molecule has 0 saturated carbocycles. The van der Waals surface area contributed by atoms with Crippen LogP contribution in [0.2, 0.25) is 0 Å². The third-order valence-corrected chi connectivity index (χ3v) is 1.33. The summed E-state index contributed by atoms with van der Waals surface area (Å²) in [5, 5.41) is 0. The molecule has 1 atom stereocenters. The van der Waals surface area contributed by atoms with E-state index >= 15 is 0 Å². The van der Waals surface area contributed by atoms with Crippen LogP contribution in [0.1, 0.15) is 26.7 Å². The van der Waals surface area contributed by atoms with Crippen molar-refractivity contribution >= 4 is 11.6 Å². The van der Waals surface area contributed by atoms with E-state index in [9.17, 15) is 9.59 Å². The minimum Gasteiger partial charge on any atom is -0.322 e. The van der Waals surface area contributed by atoms with Crippen LogP contribution in [-0.2, 0) is 9.59 Å². The van der Waals surface area contributed by atoms with Crippen LogP contribution < -0.4 is 5.73 Å². The maximum Gasteiger partial charge on any atom is 0.146 e. The van der Waals surface area contributed by atoms with Gasteiger partial charge < -0.3 is 10.5 Å². The number of nitrogens with two attached hydrogens (primary N) is 1. The van der Waals surface area contributed by atoms with Crippen molar-refractivity contribution < 1.29 is 9.59 Å². The van der Waals surface area contributed by atoms with E-state index in [0.29, 0.717) is 12.8 Å². The maximum atomic E-state index is 10.5. The topological polar surface area (TPSA) is 60.2 Å². The molecule has 58 valence electrons. The molecule has 0 rings (SSSR count). The summed E-state index contributed by atoms with van der Waals surface area (Å²) in [5.41, 5.74) is 5.36. The minimum atomic E-state index is -0.455. The normalized spacial score (nSPS) is 12.7. The monoisotopic (exact) mass is 143 g/mol. The third-order valence-electron chi connectivity index (χ3n) is 1.33. The fourth-order valence-electron chi connectivity index (χ4n) is 0.562.